The molecule has 1 aliphatic heterocycles. The van der Waals surface area contributed by atoms with Crippen LogP contribution in [-0.2, 0) is 33.7 Å². The summed E-state index contributed by atoms with van der Waals surface area (Å²) < 4.78 is 5.24. The molecule has 0 saturated carbocycles. The average molecular weight is 511 g/mol. The van der Waals surface area contributed by atoms with E-state index in [1.165, 1.54) is 16.0 Å². The molecule has 1 atom stereocenters. The Bertz CT molecular complexity index is 1410. The molecule has 194 valence electrons. The highest BCUT2D eigenvalue weighted by Gasteiger charge is 2.46. The van der Waals surface area contributed by atoms with Crippen molar-refractivity contribution in [1.29, 1.82) is 0 Å². The van der Waals surface area contributed by atoms with Gasteiger partial charge in [-0.25, -0.2) is 4.79 Å². The normalized spacial score (nSPS) is 18.5. The Balaban J connectivity index is 1.51. The van der Waals surface area contributed by atoms with Crippen LogP contribution in [0.3, 0.4) is 0 Å². The first kappa shape index (κ1) is 25.4. The molecule has 1 amide bonds. The molecule has 1 aliphatic carbocycles. The van der Waals surface area contributed by atoms with E-state index in [0.717, 1.165) is 31.2 Å². The van der Waals surface area contributed by atoms with Gasteiger partial charge in [-0.3, -0.25) is 14.6 Å². The number of carbonyl (C=O) groups excluding carboxylic acids is 3. The predicted molar refractivity (Wildman–Crippen MR) is 142 cm³/mol. The highest BCUT2D eigenvalue weighted by molar-refractivity contribution is 6.46. The van der Waals surface area contributed by atoms with Crippen LogP contribution >= 0.6 is 0 Å². The molecule has 0 spiro atoms. The third kappa shape index (κ3) is 4.96. The number of esters is 1. The molecule has 2 aromatic carbocycles. The number of likely N-dealkylation sites (tertiary alicyclic amines) is 1. The number of pyridine rings is 1. The van der Waals surface area contributed by atoms with Gasteiger partial charge in [-0.2, -0.15) is 0 Å². The van der Waals surface area contributed by atoms with Crippen LogP contribution in [0.4, 0.5) is 0 Å². The van der Waals surface area contributed by atoms with Gasteiger partial charge >= 0.3 is 5.97 Å². The van der Waals surface area contributed by atoms with Crippen molar-refractivity contribution in [3.63, 3.8) is 0 Å². The molecule has 0 radical (unpaired) electrons. The number of benzene rings is 2. The largest absolute Gasteiger partial charge is 0.507 e. The zero-order valence-electron chi connectivity index (χ0n) is 21.5. The minimum Gasteiger partial charge on any atom is -0.507 e. The highest BCUT2D eigenvalue weighted by atomic mass is 16.5. The summed E-state index contributed by atoms with van der Waals surface area (Å²) in [6, 6.07) is 15.3. The van der Waals surface area contributed by atoms with Crippen LogP contribution in [0.1, 0.15) is 70.9 Å². The molecule has 38 heavy (non-hydrogen) atoms. The number of nitrogens with zero attached hydrogens (tertiary/aromatic N) is 2. The molecule has 7 nitrogen and oxygen atoms in total. The van der Waals surface area contributed by atoms with E-state index in [4.69, 9.17) is 4.74 Å². The molecular weight excluding hydrogens is 480 g/mol. The van der Waals surface area contributed by atoms with Crippen molar-refractivity contribution in [1.82, 2.24) is 9.88 Å². The number of amides is 1. The summed E-state index contributed by atoms with van der Waals surface area (Å²) in [6.45, 7) is 3.68. The summed E-state index contributed by atoms with van der Waals surface area (Å²) in [5.41, 5.74) is 4.78. The Morgan fingerprint density at radius 3 is 2.42 bits per heavy atom. The third-order valence-corrected chi connectivity index (χ3v) is 7.05. The first-order valence-electron chi connectivity index (χ1n) is 12.9. The number of hydrogen-bond donors (Lipinski definition) is 1. The Hall–Kier alpha value is -4.26. The number of aliphatic hydroxyl groups excluding tert-OH is 1. The quantitative estimate of drug-likeness (QED) is 0.213. The van der Waals surface area contributed by atoms with Crippen LogP contribution in [-0.4, -0.2) is 38.8 Å². The lowest BCUT2D eigenvalue weighted by Crippen LogP contribution is -2.29. The maximum Gasteiger partial charge on any atom is 0.338 e. The van der Waals surface area contributed by atoms with Crippen LogP contribution in [0.15, 0.2) is 72.6 Å². The monoisotopic (exact) mass is 510 g/mol. The molecule has 1 N–H and O–H groups in total. The van der Waals surface area contributed by atoms with E-state index >= 15 is 0 Å². The van der Waals surface area contributed by atoms with Gasteiger partial charge in [0, 0.05) is 24.5 Å². The third-order valence-electron chi connectivity index (χ3n) is 7.05. The number of ether oxygens (including phenoxy) is 1. The van der Waals surface area contributed by atoms with Gasteiger partial charge in [-0.1, -0.05) is 30.3 Å². The second-order valence-corrected chi connectivity index (χ2v) is 10.1. The smallest absolute Gasteiger partial charge is 0.338 e. The molecule has 1 unspecified atom stereocenters. The maximum atomic E-state index is 13.3. The van der Waals surface area contributed by atoms with E-state index in [2.05, 4.69) is 4.98 Å². The Morgan fingerprint density at radius 2 is 1.74 bits per heavy atom. The Morgan fingerprint density at radius 1 is 1.03 bits per heavy atom. The van der Waals surface area contributed by atoms with Crippen molar-refractivity contribution in [2.45, 2.75) is 58.2 Å². The van der Waals surface area contributed by atoms with Crippen molar-refractivity contribution in [3.8, 4) is 0 Å². The summed E-state index contributed by atoms with van der Waals surface area (Å²) in [5.74, 6) is -2.03. The van der Waals surface area contributed by atoms with Crippen molar-refractivity contribution in [3.05, 3.63) is 106 Å². The lowest BCUT2D eigenvalue weighted by molar-refractivity contribution is -0.140. The van der Waals surface area contributed by atoms with E-state index in [1.54, 1.807) is 62.6 Å². The number of carbonyl (C=O) groups is 3. The van der Waals surface area contributed by atoms with Gasteiger partial charge < -0.3 is 14.7 Å². The summed E-state index contributed by atoms with van der Waals surface area (Å²) in [4.78, 5) is 44.5. The lowest BCUT2D eigenvalue weighted by Gasteiger charge is -2.25. The van der Waals surface area contributed by atoms with Gasteiger partial charge in [-0.05, 0) is 86.1 Å². The standard InChI is InChI=1S/C31H30N2O5/c1-19(2)38-31(37)22-11-9-20(10-12-22)18-33-27(25-8-5-15-32-17-25)26(29(35)30(33)36)28(34)24-14-13-21-6-3-4-7-23(21)16-24/h5,8-17,19,27,34H,3-4,6-7,18H2,1-2H3/b28-26-. The van der Waals surface area contributed by atoms with E-state index in [-0.39, 0.29) is 24.0 Å². The number of rotatable bonds is 6. The Labute approximate surface area is 221 Å². The molecule has 1 fully saturated rings. The average Bonchev–Trinajstić information content (AvgIpc) is 3.17. The number of fused-ring (bicyclic) bond motifs is 1. The molecule has 7 heteroatoms. The van der Waals surface area contributed by atoms with Crippen LogP contribution in [0.2, 0.25) is 0 Å². The van der Waals surface area contributed by atoms with E-state index in [1.807, 2.05) is 18.2 Å². The van der Waals surface area contributed by atoms with Crippen LogP contribution in [0.25, 0.3) is 5.76 Å². The number of aryl methyl sites for hydroxylation is 2. The first-order valence-corrected chi connectivity index (χ1v) is 12.9. The second-order valence-electron chi connectivity index (χ2n) is 10.1. The van der Waals surface area contributed by atoms with Gasteiger partial charge in [0.05, 0.1) is 23.3 Å². The second kappa shape index (κ2) is 10.6. The molecule has 3 aromatic rings. The van der Waals surface area contributed by atoms with Gasteiger partial charge in [0.15, 0.2) is 0 Å². The van der Waals surface area contributed by atoms with Gasteiger partial charge in [0.2, 0.25) is 0 Å². The Kier molecular flexibility index (Phi) is 7.09. The molecule has 1 aromatic heterocycles. The molecule has 5 rings (SSSR count). The van der Waals surface area contributed by atoms with Gasteiger partial charge in [0.25, 0.3) is 11.7 Å². The van der Waals surface area contributed by atoms with E-state index < -0.39 is 23.7 Å². The maximum absolute atomic E-state index is 13.3. The lowest BCUT2D eigenvalue weighted by atomic mass is 9.89. The number of Topliss-reactive ketones (excluding diaryl/α,β-unsaturated/α-hetero) is 1. The zero-order chi connectivity index (χ0) is 26.8. The molecule has 2 aliphatic rings. The van der Waals surface area contributed by atoms with Gasteiger partial charge in [-0.15, -0.1) is 0 Å². The number of ketones is 1. The zero-order valence-corrected chi connectivity index (χ0v) is 21.5. The summed E-state index contributed by atoms with van der Waals surface area (Å²) in [6.07, 6.45) is 7.16. The SMILES string of the molecule is CC(C)OC(=O)c1ccc(CN2C(=O)C(=O)/C(=C(\O)c3ccc4c(c3)CCCC4)C2c2cccnc2)cc1. The van der Waals surface area contributed by atoms with Crippen LogP contribution < -0.4 is 0 Å². The fourth-order valence-electron chi connectivity index (χ4n) is 5.19. The summed E-state index contributed by atoms with van der Waals surface area (Å²) in [7, 11) is 0. The van der Waals surface area contributed by atoms with Crippen molar-refractivity contribution in [2.24, 2.45) is 0 Å². The highest BCUT2D eigenvalue weighted by Crippen LogP contribution is 2.40. The molecule has 2 heterocycles. The van der Waals surface area contributed by atoms with Gasteiger partial charge in [0.1, 0.15) is 5.76 Å². The molecule has 1 saturated heterocycles. The topological polar surface area (TPSA) is 96.8 Å². The first-order chi connectivity index (χ1) is 18.3. The van der Waals surface area contributed by atoms with Crippen molar-refractivity contribution in [2.75, 3.05) is 0 Å². The number of aliphatic hydroxyl groups is 1. The predicted octanol–water partition coefficient (Wildman–Crippen LogP) is 5.15. The van der Waals surface area contributed by atoms with Crippen molar-refractivity contribution < 1.29 is 24.2 Å². The molecular formula is C31H30N2O5. The van der Waals surface area contributed by atoms with E-state index in [9.17, 15) is 19.5 Å². The van der Waals surface area contributed by atoms with E-state index in [0.29, 0.717) is 16.7 Å². The summed E-state index contributed by atoms with van der Waals surface area (Å²) in [5, 5.41) is 11.4. The van der Waals surface area contributed by atoms with Crippen LogP contribution in [0.5, 0.6) is 0 Å². The fraction of sp³-hybridized carbons (Fsp3) is 0.290. The fourth-order valence-corrected chi connectivity index (χ4v) is 5.19. The molecule has 0 bridgehead atoms. The minimum absolute atomic E-state index is 0.0518. The van der Waals surface area contributed by atoms with Crippen LogP contribution in [0, 0.1) is 0 Å². The van der Waals surface area contributed by atoms with Crippen molar-refractivity contribution >= 4 is 23.4 Å². The number of hydrogen-bond acceptors (Lipinski definition) is 6. The minimum atomic E-state index is -0.801. The summed E-state index contributed by atoms with van der Waals surface area (Å²) >= 11 is 0. The number of aromatic nitrogens is 1.